The molecular weight excluding hydrogens is 219 g/mol. The van der Waals surface area contributed by atoms with E-state index in [0.29, 0.717) is 0 Å². The molecule has 0 aliphatic rings. The number of esters is 2. The molecule has 1 rings (SSSR count). The highest BCUT2D eigenvalue weighted by atomic mass is 19.1. The minimum atomic E-state index is -0.758. The number of hydrogen-bond donors (Lipinski definition) is 0. The Balaban J connectivity index is 3.19. The quantitative estimate of drug-likeness (QED) is 0.701. The number of aromatic nitrogens is 2. The molecule has 1 aromatic heterocycles. The highest BCUT2D eigenvalue weighted by molar-refractivity contribution is 6.01. The van der Waals surface area contributed by atoms with E-state index in [1.54, 1.807) is 0 Å². The van der Waals surface area contributed by atoms with E-state index in [9.17, 15) is 14.0 Å². The lowest BCUT2D eigenvalue weighted by Gasteiger charge is -2.04. The molecule has 0 radical (unpaired) electrons. The lowest BCUT2D eigenvalue weighted by molar-refractivity contribution is 0.0546. The van der Waals surface area contributed by atoms with Crippen LogP contribution in [0.5, 0.6) is 0 Å². The van der Waals surface area contributed by atoms with Gasteiger partial charge in [0.15, 0.2) is 5.69 Å². The van der Waals surface area contributed by atoms with Crippen LogP contribution in [0.2, 0.25) is 0 Å². The number of halogens is 1. The van der Waals surface area contributed by atoms with Crippen LogP contribution in [0.1, 0.15) is 20.8 Å². The van der Waals surface area contributed by atoms with E-state index < -0.39 is 18.6 Å². The Bertz CT molecular complexity index is 402. The third-order valence-electron chi connectivity index (χ3n) is 1.92. The Morgan fingerprint density at radius 2 is 2.00 bits per heavy atom. The lowest BCUT2D eigenvalue weighted by atomic mass is 10.2. The molecule has 0 N–H and O–H groups in total. The zero-order valence-electron chi connectivity index (χ0n) is 8.90. The highest BCUT2D eigenvalue weighted by Gasteiger charge is 2.24. The Labute approximate surface area is 90.9 Å². The molecule has 7 heteroatoms. The largest absolute Gasteiger partial charge is 0.465 e. The number of carbonyl (C=O) groups excluding carboxylic acids is 2. The maximum atomic E-state index is 12.2. The van der Waals surface area contributed by atoms with Gasteiger partial charge in [-0.3, -0.25) is 4.68 Å². The van der Waals surface area contributed by atoms with E-state index in [2.05, 4.69) is 14.6 Å². The second kappa shape index (κ2) is 5.24. The first-order valence-corrected chi connectivity index (χ1v) is 4.44. The minimum Gasteiger partial charge on any atom is -0.465 e. The summed E-state index contributed by atoms with van der Waals surface area (Å²) in [4.78, 5) is 22.7. The fraction of sp³-hybridized carbons (Fsp3) is 0.444. The first-order valence-electron chi connectivity index (χ1n) is 4.44. The molecule has 1 heterocycles. The second-order valence-electron chi connectivity index (χ2n) is 2.80. The van der Waals surface area contributed by atoms with Crippen molar-refractivity contribution in [2.45, 2.75) is 6.54 Å². The average molecular weight is 230 g/mol. The first-order chi connectivity index (χ1) is 7.65. The van der Waals surface area contributed by atoms with Crippen LogP contribution in [0, 0.1) is 0 Å². The topological polar surface area (TPSA) is 70.4 Å². The summed E-state index contributed by atoms with van der Waals surface area (Å²) in [7, 11) is 2.34. The molecule has 0 fully saturated rings. The molecule has 0 amide bonds. The van der Waals surface area contributed by atoms with Crippen LogP contribution in [-0.4, -0.2) is 42.6 Å². The van der Waals surface area contributed by atoms with Gasteiger partial charge in [-0.1, -0.05) is 0 Å². The van der Waals surface area contributed by atoms with Crippen molar-refractivity contribution in [1.82, 2.24) is 9.78 Å². The van der Waals surface area contributed by atoms with Crippen molar-refractivity contribution < 1.29 is 23.5 Å². The summed E-state index contributed by atoms with van der Waals surface area (Å²) in [6.07, 6.45) is 1.15. The van der Waals surface area contributed by atoms with Crippen molar-refractivity contribution in [2.24, 2.45) is 0 Å². The van der Waals surface area contributed by atoms with E-state index in [-0.39, 0.29) is 17.8 Å². The Morgan fingerprint density at radius 3 is 2.50 bits per heavy atom. The van der Waals surface area contributed by atoms with Gasteiger partial charge in [-0.2, -0.15) is 5.10 Å². The van der Waals surface area contributed by atoms with Crippen LogP contribution in [0.15, 0.2) is 6.20 Å². The normalized spacial score (nSPS) is 9.94. The van der Waals surface area contributed by atoms with Gasteiger partial charge in [0.1, 0.15) is 12.2 Å². The van der Waals surface area contributed by atoms with Crippen molar-refractivity contribution >= 4 is 11.9 Å². The number of ether oxygens (including phenoxy) is 2. The van der Waals surface area contributed by atoms with Gasteiger partial charge in [0.25, 0.3) is 0 Å². The number of carbonyl (C=O) groups is 2. The van der Waals surface area contributed by atoms with E-state index in [0.717, 1.165) is 18.0 Å². The van der Waals surface area contributed by atoms with Crippen LogP contribution >= 0.6 is 0 Å². The molecule has 0 bridgehead atoms. The van der Waals surface area contributed by atoms with Crippen molar-refractivity contribution in [3.63, 3.8) is 0 Å². The molecular formula is C9H11FN2O4. The summed E-state index contributed by atoms with van der Waals surface area (Å²) in [5.74, 6) is -1.48. The van der Waals surface area contributed by atoms with Crippen molar-refractivity contribution in [1.29, 1.82) is 0 Å². The SMILES string of the molecule is COC(=O)c1cnn(CCF)c1C(=O)OC. The summed E-state index contributed by atoms with van der Waals surface area (Å²) >= 11 is 0. The van der Waals surface area contributed by atoms with Crippen LogP contribution in [-0.2, 0) is 16.0 Å². The zero-order valence-corrected chi connectivity index (χ0v) is 8.90. The molecule has 0 unspecified atom stereocenters. The molecule has 0 saturated heterocycles. The summed E-state index contributed by atoms with van der Waals surface area (Å²) in [5, 5.41) is 3.72. The smallest absolute Gasteiger partial charge is 0.357 e. The predicted octanol–water partition coefficient (Wildman–Crippen LogP) is 0.426. The number of nitrogens with zero attached hydrogens (tertiary/aromatic N) is 2. The summed E-state index contributed by atoms with van der Waals surface area (Å²) in [6.45, 7) is -0.826. The van der Waals surface area contributed by atoms with Gasteiger partial charge < -0.3 is 9.47 Å². The van der Waals surface area contributed by atoms with Crippen molar-refractivity contribution in [2.75, 3.05) is 20.9 Å². The van der Waals surface area contributed by atoms with E-state index in [1.165, 1.54) is 7.11 Å². The molecule has 0 atom stereocenters. The number of alkyl halides is 1. The van der Waals surface area contributed by atoms with E-state index in [1.807, 2.05) is 0 Å². The third-order valence-corrected chi connectivity index (χ3v) is 1.92. The fourth-order valence-electron chi connectivity index (χ4n) is 1.21. The molecule has 0 aliphatic carbocycles. The van der Waals surface area contributed by atoms with Gasteiger partial charge in [0, 0.05) is 0 Å². The zero-order chi connectivity index (χ0) is 12.1. The first kappa shape index (κ1) is 12.2. The second-order valence-corrected chi connectivity index (χ2v) is 2.80. The highest BCUT2D eigenvalue weighted by Crippen LogP contribution is 2.11. The maximum Gasteiger partial charge on any atom is 0.357 e. The molecule has 6 nitrogen and oxygen atoms in total. The lowest BCUT2D eigenvalue weighted by Crippen LogP contribution is -2.16. The van der Waals surface area contributed by atoms with Crippen LogP contribution in [0.3, 0.4) is 0 Å². The molecule has 1 aromatic rings. The van der Waals surface area contributed by atoms with Gasteiger partial charge in [0.2, 0.25) is 0 Å². The molecule has 0 spiro atoms. The van der Waals surface area contributed by atoms with Crippen LogP contribution < -0.4 is 0 Å². The van der Waals surface area contributed by atoms with E-state index >= 15 is 0 Å². The number of rotatable bonds is 4. The average Bonchev–Trinajstić information content (AvgIpc) is 2.71. The van der Waals surface area contributed by atoms with Gasteiger partial charge in [0.05, 0.1) is 27.0 Å². The molecule has 0 aliphatic heterocycles. The number of aryl methyl sites for hydroxylation is 1. The Morgan fingerprint density at radius 1 is 1.38 bits per heavy atom. The van der Waals surface area contributed by atoms with Gasteiger partial charge in [-0.15, -0.1) is 0 Å². The van der Waals surface area contributed by atoms with Gasteiger partial charge in [-0.25, -0.2) is 14.0 Å². The van der Waals surface area contributed by atoms with Gasteiger partial charge >= 0.3 is 11.9 Å². The maximum absolute atomic E-state index is 12.2. The summed E-state index contributed by atoms with van der Waals surface area (Å²) in [6, 6.07) is 0. The summed E-state index contributed by atoms with van der Waals surface area (Å²) in [5.41, 5.74) is -0.144. The molecule has 88 valence electrons. The minimum absolute atomic E-state index is 0.0391. The molecule has 0 saturated carbocycles. The third kappa shape index (κ3) is 2.18. The van der Waals surface area contributed by atoms with Crippen molar-refractivity contribution in [3.05, 3.63) is 17.5 Å². The molecule has 16 heavy (non-hydrogen) atoms. The monoisotopic (exact) mass is 230 g/mol. The van der Waals surface area contributed by atoms with Crippen LogP contribution in [0.4, 0.5) is 4.39 Å². The van der Waals surface area contributed by atoms with E-state index in [4.69, 9.17) is 0 Å². The number of methoxy groups -OCH3 is 2. The standard InChI is InChI=1S/C9H11FN2O4/c1-15-8(13)6-5-11-12(4-3-10)7(6)9(14)16-2/h5H,3-4H2,1-2H3. The fourth-order valence-corrected chi connectivity index (χ4v) is 1.21. The van der Waals surface area contributed by atoms with Gasteiger partial charge in [-0.05, 0) is 0 Å². The summed E-state index contributed by atoms with van der Waals surface area (Å²) < 4.78 is 22.2. The Hall–Kier alpha value is -1.92. The Kier molecular flexibility index (Phi) is 3.98. The predicted molar refractivity (Wildman–Crippen MR) is 50.9 cm³/mol. The molecule has 0 aromatic carbocycles. The number of hydrogen-bond acceptors (Lipinski definition) is 5. The van der Waals surface area contributed by atoms with Crippen LogP contribution in [0.25, 0.3) is 0 Å². The van der Waals surface area contributed by atoms with Crippen molar-refractivity contribution in [3.8, 4) is 0 Å².